The van der Waals surface area contributed by atoms with Gasteiger partial charge in [0.15, 0.2) is 0 Å². The molecule has 3 atom stereocenters. The van der Waals surface area contributed by atoms with E-state index >= 15 is 0 Å². The molecule has 0 aromatic rings. The van der Waals surface area contributed by atoms with Gasteiger partial charge >= 0.3 is 12.0 Å². The van der Waals surface area contributed by atoms with Crippen molar-refractivity contribution in [1.29, 1.82) is 0 Å². The first-order chi connectivity index (χ1) is 8.54. The van der Waals surface area contributed by atoms with E-state index in [2.05, 4.69) is 16.6 Å². The third-order valence-corrected chi connectivity index (χ3v) is 2.81. The Morgan fingerprint density at radius 2 is 2.28 bits per heavy atom. The molecule has 3 unspecified atom stereocenters. The largest absolute Gasteiger partial charge is 0.480 e. The number of urea groups is 1. The van der Waals surface area contributed by atoms with E-state index in [-0.39, 0.29) is 18.6 Å². The van der Waals surface area contributed by atoms with Crippen molar-refractivity contribution in [1.82, 2.24) is 10.6 Å². The van der Waals surface area contributed by atoms with Gasteiger partial charge < -0.3 is 20.5 Å². The van der Waals surface area contributed by atoms with E-state index in [4.69, 9.17) is 16.3 Å². The van der Waals surface area contributed by atoms with Gasteiger partial charge in [-0.2, -0.15) is 0 Å². The zero-order chi connectivity index (χ0) is 13.5. The summed E-state index contributed by atoms with van der Waals surface area (Å²) in [6.07, 6.45) is 6.86. The number of aliphatic carboxylic acids is 1. The smallest absolute Gasteiger partial charge is 0.327 e. The average molecular weight is 254 g/mol. The molecule has 100 valence electrons. The van der Waals surface area contributed by atoms with Crippen molar-refractivity contribution < 1.29 is 19.4 Å². The van der Waals surface area contributed by atoms with Crippen LogP contribution >= 0.6 is 0 Å². The number of carboxylic acid groups (broad SMARTS) is 1. The molecule has 0 bridgehead atoms. The number of ether oxygens (including phenoxy) is 1. The summed E-state index contributed by atoms with van der Waals surface area (Å²) in [5.74, 6) is 1.07. The summed E-state index contributed by atoms with van der Waals surface area (Å²) in [7, 11) is 0. The summed E-state index contributed by atoms with van der Waals surface area (Å²) in [6.45, 7) is 2.53. The lowest BCUT2D eigenvalue weighted by Crippen LogP contribution is -2.50. The maximum Gasteiger partial charge on any atom is 0.327 e. The topological polar surface area (TPSA) is 87.7 Å². The number of carbonyl (C=O) groups is 2. The molecular formula is C12H18N2O4. The maximum atomic E-state index is 11.6. The molecule has 6 heteroatoms. The molecule has 1 fully saturated rings. The molecule has 3 N–H and O–H groups in total. The molecular weight excluding hydrogens is 236 g/mol. The van der Waals surface area contributed by atoms with Gasteiger partial charge in [-0.05, 0) is 19.8 Å². The molecule has 0 aliphatic carbocycles. The minimum Gasteiger partial charge on any atom is -0.480 e. The Balaban J connectivity index is 2.39. The summed E-state index contributed by atoms with van der Waals surface area (Å²) in [4.78, 5) is 22.4. The van der Waals surface area contributed by atoms with E-state index in [1.54, 1.807) is 0 Å². The summed E-state index contributed by atoms with van der Waals surface area (Å²) >= 11 is 0. The van der Waals surface area contributed by atoms with E-state index < -0.39 is 18.0 Å². The molecule has 0 spiro atoms. The molecule has 1 aliphatic rings. The van der Waals surface area contributed by atoms with Crippen LogP contribution < -0.4 is 10.6 Å². The van der Waals surface area contributed by atoms with Gasteiger partial charge in [0.25, 0.3) is 0 Å². The minimum atomic E-state index is -1.15. The van der Waals surface area contributed by atoms with Gasteiger partial charge in [0, 0.05) is 13.0 Å². The normalized spacial score (nSPS) is 21.7. The number of amides is 2. The fourth-order valence-electron chi connectivity index (χ4n) is 1.81. The zero-order valence-corrected chi connectivity index (χ0v) is 10.3. The fraction of sp³-hybridized carbons (Fsp3) is 0.667. The zero-order valence-electron chi connectivity index (χ0n) is 10.3. The molecule has 0 aromatic carbocycles. The number of hydrogen-bond donors (Lipinski definition) is 3. The molecule has 1 rings (SSSR count). The first-order valence-corrected chi connectivity index (χ1v) is 5.89. The highest BCUT2D eigenvalue weighted by Gasteiger charge is 2.25. The Labute approximate surface area is 106 Å². The number of carbonyl (C=O) groups excluding carboxylic acids is 1. The van der Waals surface area contributed by atoms with Crippen molar-refractivity contribution in [3.05, 3.63) is 0 Å². The molecule has 1 aliphatic heterocycles. The molecule has 0 saturated carbocycles. The van der Waals surface area contributed by atoms with Crippen LogP contribution in [0.2, 0.25) is 0 Å². The lowest BCUT2D eigenvalue weighted by molar-refractivity contribution is -0.139. The molecule has 18 heavy (non-hydrogen) atoms. The molecule has 0 radical (unpaired) electrons. The summed E-state index contributed by atoms with van der Waals surface area (Å²) in [6, 6.07) is -1.76. The van der Waals surface area contributed by atoms with Crippen LogP contribution in [-0.2, 0) is 9.53 Å². The quantitative estimate of drug-likeness (QED) is 0.617. The number of nitrogens with one attached hydrogen (secondary N) is 2. The van der Waals surface area contributed by atoms with Crippen molar-refractivity contribution >= 4 is 12.0 Å². The highest BCUT2D eigenvalue weighted by atomic mass is 16.5. The number of rotatable bonds is 5. The predicted molar refractivity (Wildman–Crippen MR) is 65.0 cm³/mol. The van der Waals surface area contributed by atoms with Crippen molar-refractivity contribution in [2.45, 2.75) is 44.4 Å². The lowest BCUT2D eigenvalue weighted by Gasteiger charge is -2.21. The second-order valence-corrected chi connectivity index (χ2v) is 4.26. The van der Waals surface area contributed by atoms with E-state index in [0.29, 0.717) is 6.61 Å². The third-order valence-electron chi connectivity index (χ3n) is 2.81. The average Bonchev–Trinajstić information content (AvgIpc) is 2.81. The summed E-state index contributed by atoms with van der Waals surface area (Å²) in [5.41, 5.74) is 0. The number of carboxylic acids is 1. The Morgan fingerprint density at radius 1 is 1.56 bits per heavy atom. The van der Waals surface area contributed by atoms with Crippen LogP contribution in [0.5, 0.6) is 0 Å². The highest BCUT2D eigenvalue weighted by Crippen LogP contribution is 2.15. The summed E-state index contributed by atoms with van der Waals surface area (Å²) < 4.78 is 5.42. The van der Waals surface area contributed by atoms with Gasteiger partial charge in [0.05, 0.1) is 12.1 Å². The minimum absolute atomic E-state index is 0.00772. The van der Waals surface area contributed by atoms with Crippen molar-refractivity contribution in [2.75, 3.05) is 6.61 Å². The van der Waals surface area contributed by atoms with Crippen molar-refractivity contribution in [3.63, 3.8) is 0 Å². The first kappa shape index (κ1) is 14.3. The second kappa shape index (κ2) is 6.87. The van der Waals surface area contributed by atoms with E-state index in [1.165, 1.54) is 0 Å². The van der Waals surface area contributed by atoms with Crippen LogP contribution in [-0.4, -0.2) is 41.9 Å². The van der Waals surface area contributed by atoms with E-state index in [1.807, 2.05) is 6.92 Å². The van der Waals surface area contributed by atoms with Crippen LogP contribution in [0.25, 0.3) is 0 Å². The van der Waals surface area contributed by atoms with Crippen LogP contribution in [0.3, 0.4) is 0 Å². The molecule has 1 saturated heterocycles. The van der Waals surface area contributed by atoms with Gasteiger partial charge in [-0.3, -0.25) is 0 Å². The number of hydrogen-bond acceptors (Lipinski definition) is 3. The lowest BCUT2D eigenvalue weighted by atomic mass is 10.1. The van der Waals surface area contributed by atoms with Gasteiger partial charge in [0.2, 0.25) is 0 Å². The monoisotopic (exact) mass is 254 g/mol. The SMILES string of the molecule is C#CCC(NC(=O)NC(C)C1CCCO1)C(=O)O. The van der Waals surface area contributed by atoms with Crippen LogP contribution in [0.4, 0.5) is 4.79 Å². The van der Waals surface area contributed by atoms with E-state index in [0.717, 1.165) is 12.8 Å². The van der Waals surface area contributed by atoms with Crippen LogP contribution in [0.15, 0.2) is 0 Å². The maximum absolute atomic E-state index is 11.6. The predicted octanol–water partition coefficient (Wildman–Crippen LogP) is 0.330. The van der Waals surface area contributed by atoms with Crippen LogP contribution in [0.1, 0.15) is 26.2 Å². The van der Waals surface area contributed by atoms with Gasteiger partial charge in [-0.1, -0.05) is 0 Å². The van der Waals surface area contributed by atoms with Crippen molar-refractivity contribution in [2.24, 2.45) is 0 Å². The van der Waals surface area contributed by atoms with Gasteiger partial charge in [0.1, 0.15) is 6.04 Å². The first-order valence-electron chi connectivity index (χ1n) is 5.89. The fourth-order valence-corrected chi connectivity index (χ4v) is 1.81. The second-order valence-electron chi connectivity index (χ2n) is 4.26. The Hall–Kier alpha value is -1.74. The standard InChI is InChI=1S/C12H18N2O4/c1-3-5-9(11(15)16)14-12(17)13-8(2)10-6-4-7-18-10/h1,8-10H,4-7H2,2H3,(H,15,16)(H2,13,14,17). The van der Waals surface area contributed by atoms with Gasteiger partial charge in [-0.15, -0.1) is 12.3 Å². The molecule has 1 heterocycles. The molecule has 6 nitrogen and oxygen atoms in total. The summed E-state index contributed by atoms with van der Waals surface area (Å²) in [5, 5.41) is 13.8. The highest BCUT2D eigenvalue weighted by molar-refractivity contribution is 5.82. The van der Waals surface area contributed by atoms with Crippen LogP contribution in [0, 0.1) is 12.3 Å². The Bertz CT molecular complexity index is 344. The molecule has 0 aromatic heterocycles. The van der Waals surface area contributed by atoms with Gasteiger partial charge in [-0.25, -0.2) is 9.59 Å². The van der Waals surface area contributed by atoms with E-state index in [9.17, 15) is 9.59 Å². The Kier molecular flexibility index (Phi) is 5.46. The third kappa shape index (κ3) is 4.26. The Morgan fingerprint density at radius 3 is 2.78 bits per heavy atom. The molecule has 2 amide bonds. The number of terminal acetylenes is 1. The van der Waals surface area contributed by atoms with Crippen molar-refractivity contribution in [3.8, 4) is 12.3 Å².